The molecular formula is C27H22N4O3. The Balaban J connectivity index is 1.49. The third-order valence-corrected chi connectivity index (χ3v) is 6.52. The summed E-state index contributed by atoms with van der Waals surface area (Å²) in [5.41, 5.74) is 3.09. The van der Waals surface area contributed by atoms with Crippen molar-refractivity contribution < 1.29 is 14.4 Å². The number of nitriles is 1. The lowest BCUT2D eigenvalue weighted by atomic mass is 9.91. The van der Waals surface area contributed by atoms with Crippen molar-refractivity contribution in [1.29, 1.82) is 5.26 Å². The van der Waals surface area contributed by atoms with Crippen LogP contribution in [-0.4, -0.2) is 29.3 Å². The maximum atomic E-state index is 13.7. The summed E-state index contributed by atoms with van der Waals surface area (Å²) in [7, 11) is 0. The molecule has 168 valence electrons. The van der Waals surface area contributed by atoms with E-state index in [0.717, 1.165) is 40.2 Å². The Morgan fingerprint density at radius 1 is 0.971 bits per heavy atom. The maximum Gasteiger partial charge on any atom is 0.325 e. The van der Waals surface area contributed by atoms with Gasteiger partial charge in [0, 0.05) is 0 Å². The summed E-state index contributed by atoms with van der Waals surface area (Å²) < 4.78 is 0. The minimum atomic E-state index is -1.36. The minimum absolute atomic E-state index is 0.375. The highest BCUT2D eigenvalue weighted by molar-refractivity contribution is 6.12. The number of carbonyl (C=O) groups is 3. The molecule has 1 atom stereocenters. The summed E-state index contributed by atoms with van der Waals surface area (Å²) in [6, 6.07) is 23.4. The number of amides is 4. The Bertz CT molecular complexity index is 1330. The Labute approximate surface area is 197 Å². The van der Waals surface area contributed by atoms with Crippen molar-refractivity contribution >= 4 is 29.2 Å². The van der Waals surface area contributed by atoms with Crippen molar-refractivity contribution in [3.05, 3.63) is 95.1 Å². The van der Waals surface area contributed by atoms with Crippen LogP contribution in [0.5, 0.6) is 0 Å². The summed E-state index contributed by atoms with van der Waals surface area (Å²) in [5, 5.41) is 11.9. The SMILES string of the molecule is CC1(c2cccc(C#N)c2)NC(=O)N(CC(=O)N2c3ccccc3CCc3ccccc32)C1=O. The molecule has 0 radical (unpaired) electrons. The van der Waals surface area contributed by atoms with Gasteiger partial charge in [0.05, 0.1) is 23.0 Å². The molecule has 0 aliphatic carbocycles. The van der Waals surface area contributed by atoms with Gasteiger partial charge in [-0.15, -0.1) is 0 Å². The number of hydrogen-bond acceptors (Lipinski definition) is 4. The Hall–Kier alpha value is -4.44. The highest BCUT2D eigenvalue weighted by atomic mass is 16.2. The zero-order chi connectivity index (χ0) is 23.9. The monoisotopic (exact) mass is 450 g/mol. The molecule has 1 saturated heterocycles. The molecule has 7 nitrogen and oxygen atoms in total. The van der Waals surface area contributed by atoms with Gasteiger partial charge in [0.15, 0.2) is 0 Å². The Kier molecular flexibility index (Phi) is 5.14. The normalized spacial score (nSPS) is 19.1. The molecule has 1 unspecified atom stereocenters. The van der Waals surface area contributed by atoms with Gasteiger partial charge >= 0.3 is 6.03 Å². The van der Waals surface area contributed by atoms with Gasteiger partial charge in [-0.3, -0.25) is 19.4 Å². The van der Waals surface area contributed by atoms with E-state index in [4.69, 9.17) is 0 Å². The van der Waals surface area contributed by atoms with E-state index in [0.29, 0.717) is 11.1 Å². The molecule has 1 fully saturated rings. The number of carbonyl (C=O) groups excluding carboxylic acids is 3. The van der Waals surface area contributed by atoms with E-state index in [2.05, 4.69) is 5.32 Å². The highest BCUT2D eigenvalue weighted by Crippen LogP contribution is 2.37. The number of rotatable bonds is 3. The van der Waals surface area contributed by atoms with Gasteiger partial charge in [-0.05, 0) is 60.7 Å². The Morgan fingerprint density at radius 3 is 2.21 bits per heavy atom. The van der Waals surface area contributed by atoms with Crippen molar-refractivity contribution in [2.75, 3.05) is 11.4 Å². The van der Waals surface area contributed by atoms with Gasteiger partial charge in [0.2, 0.25) is 0 Å². The third-order valence-electron chi connectivity index (χ3n) is 6.52. The number of imide groups is 1. The van der Waals surface area contributed by atoms with Crippen LogP contribution < -0.4 is 10.2 Å². The lowest BCUT2D eigenvalue weighted by molar-refractivity contribution is -0.134. The number of anilines is 2. The molecular weight excluding hydrogens is 428 g/mol. The topological polar surface area (TPSA) is 93.5 Å². The molecule has 4 amide bonds. The molecule has 7 heteroatoms. The number of benzene rings is 3. The fraction of sp³-hybridized carbons (Fsp3) is 0.185. The van der Waals surface area contributed by atoms with E-state index in [-0.39, 0.29) is 5.91 Å². The van der Waals surface area contributed by atoms with Crippen LogP contribution >= 0.6 is 0 Å². The second kappa shape index (κ2) is 8.16. The number of urea groups is 1. The van der Waals surface area contributed by atoms with E-state index in [9.17, 15) is 19.6 Å². The number of fused-ring (bicyclic) bond motifs is 2. The minimum Gasteiger partial charge on any atom is -0.319 e. The van der Waals surface area contributed by atoms with Crippen molar-refractivity contribution in [2.24, 2.45) is 0 Å². The zero-order valence-corrected chi connectivity index (χ0v) is 18.6. The summed E-state index contributed by atoms with van der Waals surface area (Å²) in [6.07, 6.45) is 1.57. The quantitative estimate of drug-likeness (QED) is 0.615. The average Bonchev–Trinajstić information content (AvgIpc) is 2.99. The summed E-state index contributed by atoms with van der Waals surface area (Å²) in [4.78, 5) is 42.5. The van der Waals surface area contributed by atoms with E-state index in [1.54, 1.807) is 36.1 Å². The first-order chi connectivity index (χ1) is 16.4. The molecule has 0 spiro atoms. The Morgan fingerprint density at radius 2 is 1.59 bits per heavy atom. The van der Waals surface area contributed by atoms with Gasteiger partial charge in [0.25, 0.3) is 11.8 Å². The fourth-order valence-electron chi connectivity index (χ4n) is 4.69. The van der Waals surface area contributed by atoms with Crippen molar-refractivity contribution in [2.45, 2.75) is 25.3 Å². The molecule has 0 saturated carbocycles. The molecule has 1 N–H and O–H groups in total. The standard InChI is InChI=1S/C27H22N4O3/c1-27(21-10-6-7-18(15-21)16-28)25(33)30(26(34)29-27)17-24(32)31-22-11-4-2-8-19(22)13-14-20-9-3-5-12-23(20)31/h2-12,15H,13-14,17H2,1H3,(H,29,34). The molecule has 2 heterocycles. The average molecular weight is 450 g/mol. The van der Waals surface area contributed by atoms with Gasteiger partial charge < -0.3 is 5.32 Å². The van der Waals surface area contributed by atoms with Crippen LogP contribution in [0, 0.1) is 11.3 Å². The van der Waals surface area contributed by atoms with Crippen LogP contribution in [0.15, 0.2) is 72.8 Å². The van der Waals surface area contributed by atoms with Crippen LogP contribution in [0.4, 0.5) is 16.2 Å². The first-order valence-electron chi connectivity index (χ1n) is 11.1. The van der Waals surface area contributed by atoms with E-state index >= 15 is 0 Å². The number of para-hydroxylation sites is 2. The van der Waals surface area contributed by atoms with E-state index in [1.807, 2.05) is 54.6 Å². The first kappa shape index (κ1) is 21.4. The van der Waals surface area contributed by atoms with Crippen LogP contribution in [0.25, 0.3) is 0 Å². The molecule has 3 aromatic rings. The van der Waals surface area contributed by atoms with E-state index in [1.165, 1.54) is 0 Å². The molecule has 3 aromatic carbocycles. The second-order valence-electron chi connectivity index (χ2n) is 8.63. The van der Waals surface area contributed by atoms with Crippen LogP contribution in [-0.2, 0) is 28.0 Å². The lowest BCUT2D eigenvalue weighted by Crippen LogP contribution is -2.43. The van der Waals surface area contributed by atoms with Crippen LogP contribution in [0.3, 0.4) is 0 Å². The van der Waals surface area contributed by atoms with Crippen LogP contribution in [0.2, 0.25) is 0 Å². The fourth-order valence-corrected chi connectivity index (χ4v) is 4.69. The smallest absolute Gasteiger partial charge is 0.319 e. The number of nitrogens with one attached hydrogen (secondary N) is 1. The van der Waals surface area contributed by atoms with Gasteiger partial charge in [-0.25, -0.2) is 4.79 Å². The molecule has 34 heavy (non-hydrogen) atoms. The molecule has 5 rings (SSSR count). The lowest BCUT2D eigenvalue weighted by Gasteiger charge is -2.27. The predicted molar refractivity (Wildman–Crippen MR) is 126 cm³/mol. The number of nitrogens with zero attached hydrogens (tertiary/aromatic N) is 3. The number of aryl methyl sites for hydroxylation is 2. The molecule has 0 bridgehead atoms. The second-order valence-corrected chi connectivity index (χ2v) is 8.63. The summed E-state index contributed by atoms with van der Waals surface area (Å²) in [5.74, 6) is -0.905. The molecule has 2 aliphatic heterocycles. The molecule has 0 aromatic heterocycles. The third kappa shape index (κ3) is 3.41. The van der Waals surface area contributed by atoms with Crippen molar-refractivity contribution in [3.63, 3.8) is 0 Å². The first-order valence-corrected chi connectivity index (χ1v) is 11.1. The van der Waals surface area contributed by atoms with Gasteiger partial charge in [-0.1, -0.05) is 48.5 Å². The maximum absolute atomic E-state index is 13.7. The molecule has 2 aliphatic rings. The summed E-state index contributed by atoms with van der Waals surface area (Å²) in [6.45, 7) is 1.19. The highest BCUT2D eigenvalue weighted by Gasteiger charge is 2.50. The van der Waals surface area contributed by atoms with E-state index < -0.39 is 24.0 Å². The van der Waals surface area contributed by atoms with Crippen LogP contribution in [0.1, 0.15) is 29.2 Å². The van der Waals surface area contributed by atoms with Gasteiger partial charge in [-0.2, -0.15) is 5.26 Å². The predicted octanol–water partition coefficient (Wildman–Crippen LogP) is 3.79. The number of hydrogen-bond donors (Lipinski definition) is 1. The summed E-state index contributed by atoms with van der Waals surface area (Å²) >= 11 is 0. The zero-order valence-electron chi connectivity index (χ0n) is 18.6. The largest absolute Gasteiger partial charge is 0.325 e. The van der Waals surface area contributed by atoms with Crippen molar-refractivity contribution in [1.82, 2.24) is 10.2 Å². The van der Waals surface area contributed by atoms with Gasteiger partial charge in [0.1, 0.15) is 12.1 Å². The van der Waals surface area contributed by atoms with Crippen molar-refractivity contribution in [3.8, 4) is 6.07 Å².